The molecule has 0 bridgehead atoms. The lowest BCUT2D eigenvalue weighted by Crippen LogP contribution is -2.15. The van der Waals surface area contributed by atoms with E-state index in [1.807, 2.05) is 0 Å². The van der Waals surface area contributed by atoms with Gasteiger partial charge in [-0.1, -0.05) is 155 Å². The number of hydrogen-bond acceptors (Lipinski definition) is 4. The minimum Gasteiger partial charge on any atom is -0.356 e. The van der Waals surface area contributed by atoms with Gasteiger partial charge in [-0.15, -0.1) is 0 Å². The molecule has 0 aromatic heterocycles. The first kappa shape index (κ1) is 39.8. The fourth-order valence-electron chi connectivity index (χ4n) is 6.27. The average molecular weight is 571 g/mol. The van der Waals surface area contributed by atoms with E-state index < -0.39 is 0 Å². The molecule has 4 heteroatoms. The van der Waals surface area contributed by atoms with E-state index in [1.165, 1.54) is 154 Å². The largest absolute Gasteiger partial charge is 0.356 e. The van der Waals surface area contributed by atoms with Crippen molar-refractivity contribution < 1.29 is 18.9 Å². The standard InChI is InChI=1S/C36H74O4/c1-7-9-11-13-15-17-21-25-33(29-31-35(37-3)38-4)27-23-19-20-24-28-34(30-32-36(39-5)40-6)26-22-18-16-14-12-10-8-2/h33-36H,7-32H2,1-6H3. The van der Waals surface area contributed by atoms with Crippen molar-refractivity contribution in [1.82, 2.24) is 0 Å². The summed E-state index contributed by atoms with van der Waals surface area (Å²) < 4.78 is 21.9. The van der Waals surface area contributed by atoms with Crippen LogP contribution in [0.4, 0.5) is 0 Å². The van der Waals surface area contributed by atoms with Gasteiger partial charge in [0.2, 0.25) is 0 Å². The minimum atomic E-state index is -0.0411. The molecule has 0 fully saturated rings. The molecule has 40 heavy (non-hydrogen) atoms. The molecule has 0 aliphatic rings. The van der Waals surface area contributed by atoms with Gasteiger partial charge in [0.1, 0.15) is 0 Å². The molecule has 0 spiro atoms. The predicted octanol–water partition coefficient (Wildman–Crippen LogP) is 11.6. The Bertz CT molecular complexity index is 422. The summed E-state index contributed by atoms with van der Waals surface area (Å²) in [6.45, 7) is 4.60. The molecule has 0 aliphatic heterocycles. The fourth-order valence-corrected chi connectivity index (χ4v) is 6.27. The van der Waals surface area contributed by atoms with E-state index in [2.05, 4.69) is 13.8 Å². The number of rotatable bonds is 33. The van der Waals surface area contributed by atoms with Gasteiger partial charge in [-0.2, -0.15) is 0 Å². The zero-order valence-corrected chi connectivity index (χ0v) is 28.3. The normalized spacial score (nSPS) is 13.5. The highest BCUT2D eigenvalue weighted by Gasteiger charge is 2.15. The molecule has 0 N–H and O–H groups in total. The van der Waals surface area contributed by atoms with Crippen molar-refractivity contribution in [3.05, 3.63) is 0 Å². The molecular weight excluding hydrogens is 496 g/mol. The highest BCUT2D eigenvalue weighted by atomic mass is 16.7. The molecule has 0 aliphatic carbocycles. The van der Waals surface area contributed by atoms with E-state index >= 15 is 0 Å². The second-order valence-electron chi connectivity index (χ2n) is 12.5. The Kier molecular flexibility index (Phi) is 31.6. The zero-order chi connectivity index (χ0) is 29.5. The summed E-state index contributed by atoms with van der Waals surface area (Å²) in [7, 11) is 7.08. The van der Waals surface area contributed by atoms with Crippen LogP contribution in [0, 0.1) is 11.8 Å². The summed E-state index contributed by atoms with van der Waals surface area (Å²) in [5.41, 5.74) is 0. The highest BCUT2D eigenvalue weighted by molar-refractivity contribution is 4.65. The Hall–Kier alpha value is -0.160. The van der Waals surface area contributed by atoms with Crippen LogP contribution in [0.25, 0.3) is 0 Å². The third kappa shape index (κ3) is 25.5. The summed E-state index contributed by atoms with van der Waals surface area (Å²) in [5.74, 6) is 1.65. The lowest BCUT2D eigenvalue weighted by molar-refractivity contribution is -0.109. The Morgan fingerprint density at radius 1 is 0.300 bits per heavy atom. The molecule has 0 heterocycles. The van der Waals surface area contributed by atoms with Crippen LogP contribution in [-0.2, 0) is 18.9 Å². The first-order chi connectivity index (χ1) is 19.6. The van der Waals surface area contributed by atoms with Gasteiger partial charge < -0.3 is 18.9 Å². The van der Waals surface area contributed by atoms with Crippen LogP contribution in [0.2, 0.25) is 0 Å². The van der Waals surface area contributed by atoms with Gasteiger partial charge >= 0.3 is 0 Å². The van der Waals surface area contributed by atoms with Crippen LogP contribution in [-0.4, -0.2) is 41.0 Å². The van der Waals surface area contributed by atoms with E-state index in [1.54, 1.807) is 28.4 Å². The van der Waals surface area contributed by atoms with E-state index in [0.29, 0.717) is 0 Å². The lowest BCUT2D eigenvalue weighted by atomic mass is 9.88. The summed E-state index contributed by atoms with van der Waals surface area (Å²) in [6.07, 6.45) is 35.1. The molecule has 2 unspecified atom stereocenters. The van der Waals surface area contributed by atoms with Gasteiger partial charge in [-0.05, 0) is 37.5 Å². The second kappa shape index (κ2) is 31.8. The van der Waals surface area contributed by atoms with Crippen LogP contribution in [0.5, 0.6) is 0 Å². The summed E-state index contributed by atoms with van der Waals surface area (Å²) >= 11 is 0. The van der Waals surface area contributed by atoms with E-state index in [0.717, 1.165) is 24.7 Å². The van der Waals surface area contributed by atoms with E-state index in [-0.39, 0.29) is 12.6 Å². The van der Waals surface area contributed by atoms with Crippen LogP contribution in [0.1, 0.15) is 181 Å². The molecule has 0 saturated carbocycles. The molecule has 0 saturated heterocycles. The highest BCUT2D eigenvalue weighted by Crippen LogP contribution is 2.27. The second-order valence-corrected chi connectivity index (χ2v) is 12.5. The zero-order valence-electron chi connectivity index (χ0n) is 28.3. The van der Waals surface area contributed by atoms with Crippen LogP contribution in [0.15, 0.2) is 0 Å². The quantitative estimate of drug-likeness (QED) is 0.0581. The molecule has 0 radical (unpaired) electrons. The SMILES string of the molecule is CCCCCCCCCC(CCCCCCC(CCCCCCCCC)CCC(OC)OC)CCC(OC)OC. The Balaban J connectivity index is 4.36. The van der Waals surface area contributed by atoms with Gasteiger partial charge in [0.25, 0.3) is 0 Å². The van der Waals surface area contributed by atoms with Gasteiger partial charge in [0.15, 0.2) is 12.6 Å². The van der Waals surface area contributed by atoms with Crippen LogP contribution < -0.4 is 0 Å². The molecule has 242 valence electrons. The third-order valence-electron chi connectivity index (χ3n) is 9.08. The maximum atomic E-state index is 5.48. The lowest BCUT2D eigenvalue weighted by Gasteiger charge is -2.21. The molecule has 0 rings (SSSR count). The van der Waals surface area contributed by atoms with Crippen molar-refractivity contribution >= 4 is 0 Å². The van der Waals surface area contributed by atoms with Crippen molar-refractivity contribution in [2.24, 2.45) is 11.8 Å². The van der Waals surface area contributed by atoms with Crippen molar-refractivity contribution in [2.45, 2.75) is 193 Å². The van der Waals surface area contributed by atoms with Crippen LogP contribution in [0.3, 0.4) is 0 Å². The molecule has 4 nitrogen and oxygen atoms in total. The number of ether oxygens (including phenoxy) is 4. The number of hydrogen-bond donors (Lipinski definition) is 0. The molecule has 0 aromatic rings. The topological polar surface area (TPSA) is 36.9 Å². The first-order valence-electron chi connectivity index (χ1n) is 17.8. The Labute approximate surface area is 252 Å². The van der Waals surface area contributed by atoms with Crippen molar-refractivity contribution in [3.8, 4) is 0 Å². The molecule has 0 amide bonds. The Morgan fingerprint density at radius 3 is 0.800 bits per heavy atom. The van der Waals surface area contributed by atoms with Gasteiger partial charge in [-0.3, -0.25) is 0 Å². The third-order valence-corrected chi connectivity index (χ3v) is 9.08. The average Bonchev–Trinajstić information content (AvgIpc) is 2.97. The summed E-state index contributed by atoms with van der Waals surface area (Å²) in [6, 6.07) is 0. The number of unbranched alkanes of at least 4 members (excludes halogenated alkanes) is 15. The van der Waals surface area contributed by atoms with Gasteiger partial charge in [0.05, 0.1) is 0 Å². The summed E-state index contributed by atoms with van der Waals surface area (Å²) in [4.78, 5) is 0. The Morgan fingerprint density at radius 2 is 0.550 bits per heavy atom. The molecular formula is C36H74O4. The smallest absolute Gasteiger partial charge is 0.156 e. The summed E-state index contributed by atoms with van der Waals surface area (Å²) in [5, 5.41) is 0. The van der Waals surface area contributed by atoms with E-state index in [9.17, 15) is 0 Å². The molecule has 0 aromatic carbocycles. The van der Waals surface area contributed by atoms with Crippen molar-refractivity contribution in [2.75, 3.05) is 28.4 Å². The fraction of sp³-hybridized carbons (Fsp3) is 1.00. The monoisotopic (exact) mass is 571 g/mol. The maximum Gasteiger partial charge on any atom is 0.156 e. The van der Waals surface area contributed by atoms with Gasteiger partial charge in [0, 0.05) is 28.4 Å². The number of methoxy groups -OCH3 is 4. The first-order valence-corrected chi connectivity index (χ1v) is 17.8. The molecule has 2 atom stereocenters. The maximum absolute atomic E-state index is 5.48. The predicted molar refractivity (Wildman–Crippen MR) is 174 cm³/mol. The van der Waals surface area contributed by atoms with Crippen molar-refractivity contribution in [1.29, 1.82) is 0 Å². The minimum absolute atomic E-state index is 0.0411. The van der Waals surface area contributed by atoms with E-state index in [4.69, 9.17) is 18.9 Å². The van der Waals surface area contributed by atoms with Crippen molar-refractivity contribution in [3.63, 3.8) is 0 Å². The van der Waals surface area contributed by atoms with Gasteiger partial charge in [-0.25, -0.2) is 0 Å². The van der Waals surface area contributed by atoms with Crippen LogP contribution >= 0.6 is 0 Å².